The van der Waals surface area contributed by atoms with Crippen LogP contribution in [0.4, 0.5) is 26.3 Å². The van der Waals surface area contributed by atoms with Gasteiger partial charge in [-0.05, 0) is 72.6 Å². The second kappa shape index (κ2) is 10.1. The Morgan fingerprint density at radius 2 is 1.03 bits per heavy atom. The van der Waals surface area contributed by atoms with E-state index >= 15 is 0 Å². The molecule has 3 nitrogen and oxygen atoms in total. The van der Waals surface area contributed by atoms with E-state index in [9.17, 15) is 26.3 Å². The molecular formula is C24H20F6O3. The largest absolute Gasteiger partial charge is 0.435 e. The van der Waals surface area contributed by atoms with Crippen LogP contribution in [0.15, 0.2) is 72.8 Å². The third kappa shape index (κ3) is 6.57. The Kier molecular flexibility index (Phi) is 7.40. The van der Waals surface area contributed by atoms with Crippen LogP contribution in [0.5, 0.6) is 17.2 Å². The van der Waals surface area contributed by atoms with E-state index in [1.54, 1.807) is 12.1 Å². The molecule has 0 spiro atoms. The number of hydrogen-bond acceptors (Lipinski definition) is 3. The van der Waals surface area contributed by atoms with Crippen molar-refractivity contribution in [2.45, 2.75) is 38.6 Å². The highest BCUT2D eigenvalue weighted by Crippen LogP contribution is 2.36. The van der Waals surface area contributed by atoms with Gasteiger partial charge in [-0.15, -0.1) is 0 Å². The van der Waals surface area contributed by atoms with Crippen molar-refractivity contribution in [3.8, 4) is 17.2 Å². The molecule has 33 heavy (non-hydrogen) atoms. The van der Waals surface area contributed by atoms with Gasteiger partial charge in [0.25, 0.3) is 0 Å². The maximum atomic E-state index is 14.4. The molecular weight excluding hydrogens is 450 g/mol. The summed E-state index contributed by atoms with van der Waals surface area (Å²) < 4.78 is 95.5. The van der Waals surface area contributed by atoms with Crippen LogP contribution in [0, 0.1) is 0 Å². The number of aryl methyl sites for hydroxylation is 1. The van der Waals surface area contributed by atoms with Crippen molar-refractivity contribution in [2.24, 2.45) is 0 Å². The summed E-state index contributed by atoms with van der Waals surface area (Å²) in [6.07, 6.45) is -5.84. The van der Waals surface area contributed by atoms with Crippen LogP contribution in [0.1, 0.15) is 30.0 Å². The van der Waals surface area contributed by atoms with E-state index in [-0.39, 0.29) is 22.8 Å². The van der Waals surface area contributed by atoms with Crippen LogP contribution >= 0.6 is 0 Å². The standard InChI is InChI=1S/C24H20F6O3/c1-2-3-16-4-6-17(7-5-16)23(27,28)32-20-10-8-18(9-11-20)24(29,30)33-21-14-12-19(13-15-21)31-22(25)26/h4-15,22H,2-3H2,1H3. The van der Waals surface area contributed by atoms with Crippen LogP contribution in [0.25, 0.3) is 0 Å². The van der Waals surface area contributed by atoms with Gasteiger partial charge in [-0.2, -0.15) is 26.3 Å². The average molecular weight is 470 g/mol. The van der Waals surface area contributed by atoms with E-state index in [0.717, 1.165) is 66.9 Å². The first kappa shape index (κ1) is 24.3. The third-order valence-corrected chi connectivity index (χ3v) is 4.56. The van der Waals surface area contributed by atoms with Gasteiger partial charge in [-0.1, -0.05) is 25.5 Å². The van der Waals surface area contributed by atoms with Crippen molar-refractivity contribution in [3.05, 3.63) is 89.5 Å². The summed E-state index contributed by atoms with van der Waals surface area (Å²) in [6.45, 7) is -1.07. The quantitative estimate of drug-likeness (QED) is 0.287. The van der Waals surface area contributed by atoms with Crippen molar-refractivity contribution in [3.63, 3.8) is 0 Å². The zero-order valence-electron chi connectivity index (χ0n) is 17.4. The summed E-state index contributed by atoms with van der Waals surface area (Å²) >= 11 is 0. The van der Waals surface area contributed by atoms with Gasteiger partial charge in [0.05, 0.1) is 11.1 Å². The molecule has 3 aromatic rings. The molecule has 0 unspecified atom stereocenters. The molecule has 0 aliphatic rings. The van der Waals surface area contributed by atoms with Gasteiger partial charge in [0.2, 0.25) is 0 Å². The van der Waals surface area contributed by atoms with Crippen LogP contribution in [-0.2, 0) is 18.6 Å². The summed E-state index contributed by atoms with van der Waals surface area (Å²) in [5, 5.41) is 0. The number of hydrogen-bond donors (Lipinski definition) is 0. The number of alkyl halides is 6. The first-order valence-electron chi connectivity index (χ1n) is 9.97. The fourth-order valence-electron chi connectivity index (χ4n) is 2.97. The second-order valence-electron chi connectivity index (χ2n) is 7.06. The molecule has 3 rings (SSSR count). The van der Waals surface area contributed by atoms with Crippen molar-refractivity contribution < 1.29 is 40.6 Å². The SMILES string of the molecule is CCCc1ccc(C(F)(F)Oc2ccc(C(F)(F)Oc3ccc(OC(F)F)cc3)cc2)cc1. The van der Waals surface area contributed by atoms with Gasteiger partial charge in [0.1, 0.15) is 17.2 Å². The van der Waals surface area contributed by atoms with Gasteiger partial charge < -0.3 is 14.2 Å². The first-order valence-corrected chi connectivity index (χ1v) is 9.97. The zero-order valence-corrected chi connectivity index (χ0v) is 17.4. The summed E-state index contributed by atoms with van der Waals surface area (Å²) in [5.41, 5.74) is -0.0609. The van der Waals surface area contributed by atoms with E-state index in [4.69, 9.17) is 4.74 Å². The van der Waals surface area contributed by atoms with Gasteiger partial charge in [0, 0.05) is 0 Å². The van der Waals surface area contributed by atoms with Gasteiger partial charge >= 0.3 is 18.8 Å². The van der Waals surface area contributed by atoms with Crippen LogP contribution < -0.4 is 14.2 Å². The summed E-state index contributed by atoms with van der Waals surface area (Å²) in [5.74, 6) is -0.839. The number of benzene rings is 3. The van der Waals surface area contributed by atoms with E-state index in [0.29, 0.717) is 0 Å². The predicted molar refractivity (Wildman–Crippen MR) is 109 cm³/mol. The molecule has 0 saturated heterocycles. The highest BCUT2D eigenvalue weighted by Gasteiger charge is 2.36. The lowest BCUT2D eigenvalue weighted by molar-refractivity contribution is -0.187. The zero-order chi connectivity index (χ0) is 24.1. The maximum Gasteiger partial charge on any atom is 0.426 e. The molecule has 0 amide bonds. The summed E-state index contributed by atoms with van der Waals surface area (Å²) in [6, 6.07) is 13.6. The van der Waals surface area contributed by atoms with E-state index in [1.165, 1.54) is 12.1 Å². The average Bonchev–Trinajstić information content (AvgIpc) is 2.75. The highest BCUT2D eigenvalue weighted by molar-refractivity contribution is 5.34. The van der Waals surface area contributed by atoms with E-state index in [2.05, 4.69) is 9.47 Å². The minimum Gasteiger partial charge on any atom is -0.435 e. The van der Waals surface area contributed by atoms with Crippen molar-refractivity contribution in [2.75, 3.05) is 0 Å². The molecule has 0 N–H and O–H groups in total. The van der Waals surface area contributed by atoms with Crippen LogP contribution in [0.2, 0.25) is 0 Å². The van der Waals surface area contributed by atoms with Gasteiger partial charge in [-0.3, -0.25) is 0 Å². The first-order chi connectivity index (χ1) is 15.6. The van der Waals surface area contributed by atoms with Crippen molar-refractivity contribution >= 4 is 0 Å². The molecule has 0 aliphatic carbocycles. The van der Waals surface area contributed by atoms with E-state index in [1.807, 2.05) is 6.92 Å². The van der Waals surface area contributed by atoms with Gasteiger partial charge in [-0.25, -0.2) is 0 Å². The molecule has 0 bridgehead atoms. The second-order valence-corrected chi connectivity index (χ2v) is 7.06. The fraction of sp³-hybridized carbons (Fsp3) is 0.250. The van der Waals surface area contributed by atoms with Gasteiger partial charge in [0.15, 0.2) is 0 Å². The molecule has 9 heteroatoms. The molecule has 0 heterocycles. The highest BCUT2D eigenvalue weighted by atomic mass is 19.3. The van der Waals surface area contributed by atoms with Crippen LogP contribution in [-0.4, -0.2) is 6.61 Å². The number of halogens is 6. The normalized spacial score (nSPS) is 12.0. The molecule has 176 valence electrons. The Hall–Kier alpha value is -3.36. The number of rotatable bonds is 10. The Balaban J connectivity index is 1.66. The van der Waals surface area contributed by atoms with Crippen LogP contribution in [0.3, 0.4) is 0 Å². The number of ether oxygens (including phenoxy) is 3. The molecule has 0 fully saturated rings. The lowest BCUT2D eigenvalue weighted by Gasteiger charge is -2.21. The Morgan fingerprint density at radius 1 is 0.636 bits per heavy atom. The molecule has 0 atom stereocenters. The summed E-state index contributed by atoms with van der Waals surface area (Å²) in [4.78, 5) is 0. The van der Waals surface area contributed by atoms with Crippen molar-refractivity contribution in [1.82, 2.24) is 0 Å². The Bertz CT molecular complexity index is 1020. The minimum atomic E-state index is -3.82. The maximum absolute atomic E-state index is 14.4. The lowest BCUT2D eigenvalue weighted by atomic mass is 10.1. The van der Waals surface area contributed by atoms with E-state index < -0.39 is 24.4 Å². The fourth-order valence-corrected chi connectivity index (χ4v) is 2.97. The Morgan fingerprint density at radius 3 is 1.45 bits per heavy atom. The van der Waals surface area contributed by atoms with Crippen molar-refractivity contribution in [1.29, 1.82) is 0 Å². The Labute approximate surface area is 186 Å². The molecule has 0 saturated carbocycles. The summed E-state index contributed by atoms with van der Waals surface area (Å²) in [7, 11) is 0. The third-order valence-electron chi connectivity index (χ3n) is 4.56. The lowest BCUT2D eigenvalue weighted by Crippen LogP contribution is -2.23. The predicted octanol–water partition coefficient (Wildman–Crippen LogP) is 7.50. The smallest absolute Gasteiger partial charge is 0.426 e. The topological polar surface area (TPSA) is 27.7 Å². The molecule has 0 aliphatic heterocycles. The molecule has 3 aromatic carbocycles. The monoisotopic (exact) mass is 470 g/mol. The molecule has 0 radical (unpaired) electrons. The minimum absolute atomic E-state index is 0.219. The molecule has 0 aromatic heterocycles.